The van der Waals surface area contributed by atoms with Crippen LogP contribution in [0.25, 0.3) is 16.7 Å². The van der Waals surface area contributed by atoms with Crippen molar-refractivity contribution in [3.8, 4) is 5.69 Å². The average molecular weight is 396 g/mol. The Kier molecular flexibility index (Phi) is 5.02. The fraction of sp³-hybridized carbons (Fsp3) is 0.409. The Bertz CT molecular complexity index is 1090. The van der Waals surface area contributed by atoms with Crippen molar-refractivity contribution in [1.82, 2.24) is 14.5 Å². The van der Waals surface area contributed by atoms with E-state index in [1.165, 1.54) is 0 Å². The summed E-state index contributed by atoms with van der Waals surface area (Å²) in [5.41, 5.74) is 4.22. The highest BCUT2D eigenvalue weighted by molar-refractivity contribution is 7.99. The minimum atomic E-state index is -0.203. The Morgan fingerprint density at radius 3 is 2.64 bits per heavy atom. The zero-order chi connectivity index (χ0) is 19.9. The molecule has 0 aliphatic carbocycles. The minimum absolute atomic E-state index is 0.0797. The van der Waals surface area contributed by atoms with Crippen molar-refractivity contribution in [2.45, 2.75) is 57.9 Å². The molecule has 0 unspecified atom stereocenters. The largest absolute Gasteiger partial charge is 0.370 e. The molecule has 146 valence electrons. The van der Waals surface area contributed by atoms with Crippen LogP contribution in [-0.2, 0) is 17.8 Å². The lowest BCUT2D eigenvalue weighted by Gasteiger charge is -2.33. The van der Waals surface area contributed by atoms with Gasteiger partial charge in [0.05, 0.1) is 29.0 Å². The first-order chi connectivity index (χ1) is 13.4. The van der Waals surface area contributed by atoms with Crippen LogP contribution in [-0.4, -0.2) is 25.9 Å². The molecule has 0 bridgehead atoms. The van der Waals surface area contributed by atoms with E-state index in [4.69, 9.17) is 14.7 Å². The number of rotatable bonds is 4. The Balaban J connectivity index is 1.93. The van der Waals surface area contributed by atoms with E-state index in [1.54, 1.807) is 16.3 Å². The quantitative estimate of drug-likeness (QED) is 0.483. The van der Waals surface area contributed by atoms with Gasteiger partial charge in [0.1, 0.15) is 0 Å². The van der Waals surface area contributed by atoms with Crippen molar-refractivity contribution in [2.24, 2.45) is 0 Å². The van der Waals surface area contributed by atoms with Crippen molar-refractivity contribution >= 4 is 22.8 Å². The molecule has 0 amide bonds. The lowest BCUT2D eigenvalue weighted by atomic mass is 9.91. The minimum Gasteiger partial charge on any atom is -0.370 e. The lowest BCUT2D eigenvalue weighted by Crippen LogP contribution is -2.35. The predicted octanol–water partition coefficient (Wildman–Crippen LogP) is 4.44. The van der Waals surface area contributed by atoms with Gasteiger partial charge in [-0.2, -0.15) is 0 Å². The third-order valence-corrected chi connectivity index (χ3v) is 6.25. The number of fused-ring (bicyclic) bond motifs is 2. The Labute approximate surface area is 169 Å². The highest BCUT2D eigenvalue weighted by atomic mass is 32.2. The summed E-state index contributed by atoms with van der Waals surface area (Å²) in [6.45, 7) is 8.82. The Morgan fingerprint density at radius 1 is 1.21 bits per heavy atom. The molecule has 0 N–H and O–H groups in total. The summed E-state index contributed by atoms with van der Waals surface area (Å²) in [6.07, 6.45) is 1.67. The molecular formula is C22H25N3O2S. The van der Waals surface area contributed by atoms with Gasteiger partial charge in [-0.15, -0.1) is 0 Å². The van der Waals surface area contributed by atoms with E-state index in [0.717, 1.165) is 41.1 Å². The molecule has 0 saturated carbocycles. The number of ether oxygens (including phenoxy) is 1. The van der Waals surface area contributed by atoms with E-state index in [2.05, 4.69) is 20.8 Å². The summed E-state index contributed by atoms with van der Waals surface area (Å²) in [5.74, 6) is 0.830. The van der Waals surface area contributed by atoms with Crippen molar-refractivity contribution in [2.75, 3.05) is 5.75 Å². The first-order valence-corrected chi connectivity index (χ1v) is 10.7. The molecule has 0 radical (unpaired) electrons. The van der Waals surface area contributed by atoms with Crippen molar-refractivity contribution in [3.05, 3.63) is 57.5 Å². The van der Waals surface area contributed by atoms with E-state index in [-0.39, 0.29) is 11.2 Å². The average Bonchev–Trinajstić information content (AvgIpc) is 2.68. The Morgan fingerprint density at radius 2 is 1.96 bits per heavy atom. The van der Waals surface area contributed by atoms with Gasteiger partial charge in [0.15, 0.2) is 10.8 Å². The summed E-state index contributed by atoms with van der Waals surface area (Å²) in [4.78, 5) is 23.0. The third-order valence-electron chi connectivity index (χ3n) is 5.43. The second-order valence-electron chi connectivity index (χ2n) is 7.54. The molecule has 6 heteroatoms. The molecule has 0 spiro atoms. The number of aryl methyl sites for hydroxylation is 1. The smallest absolute Gasteiger partial charge is 0.268 e. The molecule has 1 aliphatic heterocycles. The van der Waals surface area contributed by atoms with Crippen molar-refractivity contribution in [1.29, 1.82) is 0 Å². The third kappa shape index (κ3) is 3.35. The number of hydrogen-bond donors (Lipinski definition) is 0. The molecule has 1 aromatic carbocycles. The van der Waals surface area contributed by atoms with Crippen LogP contribution in [0.1, 0.15) is 44.0 Å². The van der Waals surface area contributed by atoms with Gasteiger partial charge in [0, 0.05) is 12.0 Å². The van der Waals surface area contributed by atoms with Crippen LogP contribution >= 0.6 is 11.8 Å². The van der Waals surface area contributed by atoms with Crippen molar-refractivity contribution < 1.29 is 4.74 Å². The second kappa shape index (κ2) is 7.33. The van der Waals surface area contributed by atoms with Crippen LogP contribution in [0.15, 0.2) is 40.3 Å². The standard InChI is InChI=1S/C22H25N3O2S/c1-5-22(4)12-18-15(13-27-22)11-17-19(23-18)24-21(28-6-2)25(20(17)26)16-9-7-14(3)8-10-16/h7-11H,5-6,12-13H2,1-4H3/t22-/m1/s1. The van der Waals surface area contributed by atoms with Crippen molar-refractivity contribution in [3.63, 3.8) is 0 Å². The molecule has 1 aliphatic rings. The summed E-state index contributed by atoms with van der Waals surface area (Å²) in [7, 11) is 0. The van der Waals surface area contributed by atoms with Gasteiger partial charge >= 0.3 is 0 Å². The summed E-state index contributed by atoms with van der Waals surface area (Å²) in [5, 5.41) is 1.23. The molecule has 0 saturated heterocycles. The Hall–Kier alpha value is -2.18. The van der Waals surface area contributed by atoms with Gasteiger partial charge < -0.3 is 4.74 Å². The van der Waals surface area contributed by atoms with Crippen LogP contribution in [0.3, 0.4) is 0 Å². The maximum atomic E-state index is 13.4. The van der Waals surface area contributed by atoms with Gasteiger partial charge in [-0.1, -0.05) is 43.3 Å². The molecule has 4 rings (SSSR count). The number of nitrogens with zero attached hydrogens (tertiary/aromatic N) is 3. The lowest BCUT2D eigenvalue weighted by molar-refractivity contribution is -0.0573. The number of thioether (sulfide) groups is 1. The molecule has 1 atom stereocenters. The van der Waals surface area contributed by atoms with E-state index in [1.807, 2.05) is 37.3 Å². The molecule has 3 aromatic rings. The summed E-state index contributed by atoms with van der Waals surface area (Å²) < 4.78 is 7.75. The van der Waals surface area contributed by atoms with Crippen LogP contribution in [0, 0.1) is 6.92 Å². The van der Waals surface area contributed by atoms with Crippen LogP contribution in [0.4, 0.5) is 0 Å². The van der Waals surface area contributed by atoms with Gasteiger partial charge in [-0.05, 0) is 44.2 Å². The summed E-state index contributed by atoms with van der Waals surface area (Å²) >= 11 is 1.56. The van der Waals surface area contributed by atoms with Gasteiger partial charge in [0.2, 0.25) is 0 Å². The maximum Gasteiger partial charge on any atom is 0.268 e. The van der Waals surface area contributed by atoms with Gasteiger partial charge in [0.25, 0.3) is 5.56 Å². The second-order valence-corrected chi connectivity index (χ2v) is 8.77. The molecule has 3 heterocycles. The zero-order valence-corrected chi connectivity index (χ0v) is 17.6. The monoisotopic (exact) mass is 395 g/mol. The SMILES string of the molecule is CCSc1nc2nc3c(cc2c(=O)n1-c1ccc(C)cc1)CO[C@](C)(CC)C3. The molecular weight excluding hydrogens is 370 g/mol. The predicted molar refractivity (Wildman–Crippen MR) is 113 cm³/mol. The zero-order valence-electron chi connectivity index (χ0n) is 16.8. The molecule has 0 fully saturated rings. The highest BCUT2D eigenvalue weighted by Gasteiger charge is 2.31. The van der Waals surface area contributed by atoms with E-state index in [0.29, 0.717) is 22.8 Å². The fourth-order valence-corrected chi connectivity index (χ4v) is 4.21. The summed E-state index contributed by atoms with van der Waals surface area (Å²) in [6, 6.07) is 9.87. The molecule has 2 aromatic heterocycles. The van der Waals surface area contributed by atoms with Crippen LogP contribution in [0.2, 0.25) is 0 Å². The molecule has 28 heavy (non-hydrogen) atoms. The molecule has 5 nitrogen and oxygen atoms in total. The van der Waals surface area contributed by atoms with Crippen LogP contribution in [0.5, 0.6) is 0 Å². The van der Waals surface area contributed by atoms with E-state index < -0.39 is 0 Å². The van der Waals surface area contributed by atoms with E-state index >= 15 is 0 Å². The topological polar surface area (TPSA) is 57.0 Å². The fourth-order valence-electron chi connectivity index (χ4n) is 3.48. The van der Waals surface area contributed by atoms with Gasteiger partial charge in [-0.25, -0.2) is 9.97 Å². The number of benzene rings is 1. The first-order valence-electron chi connectivity index (χ1n) is 9.73. The number of aromatic nitrogens is 3. The van der Waals surface area contributed by atoms with Gasteiger partial charge in [-0.3, -0.25) is 9.36 Å². The van der Waals surface area contributed by atoms with E-state index in [9.17, 15) is 4.79 Å². The normalized spacial score (nSPS) is 19.0. The first kappa shape index (κ1) is 19.2. The highest BCUT2D eigenvalue weighted by Crippen LogP contribution is 2.31. The number of pyridine rings is 1. The maximum absolute atomic E-state index is 13.4. The number of hydrogen-bond acceptors (Lipinski definition) is 5. The van der Waals surface area contributed by atoms with Crippen LogP contribution < -0.4 is 5.56 Å².